The summed E-state index contributed by atoms with van der Waals surface area (Å²) in [5.41, 5.74) is 1.01. The molecule has 2 aromatic rings. The normalized spacial score (nSPS) is 14.5. The molecule has 130 valence electrons. The Labute approximate surface area is 148 Å². The zero-order valence-electron chi connectivity index (χ0n) is 14.7. The van der Waals surface area contributed by atoms with Crippen molar-refractivity contribution in [3.8, 4) is 17.1 Å². The molecule has 0 unspecified atom stereocenters. The summed E-state index contributed by atoms with van der Waals surface area (Å²) in [4.78, 5) is 7.11. The lowest BCUT2D eigenvalue weighted by atomic mass is 10.1. The van der Waals surface area contributed by atoms with Gasteiger partial charge in [0.1, 0.15) is 5.75 Å². The molecular formula is C18H26N4OS. The minimum Gasteiger partial charge on any atom is -0.497 e. The van der Waals surface area contributed by atoms with Crippen molar-refractivity contribution in [1.29, 1.82) is 0 Å². The third kappa shape index (κ3) is 3.70. The van der Waals surface area contributed by atoms with E-state index < -0.39 is 0 Å². The van der Waals surface area contributed by atoms with Gasteiger partial charge in [0.25, 0.3) is 0 Å². The van der Waals surface area contributed by atoms with E-state index in [2.05, 4.69) is 28.8 Å². The summed E-state index contributed by atoms with van der Waals surface area (Å²) in [5.74, 6) is 1.65. The maximum atomic E-state index is 5.48. The lowest BCUT2D eigenvalue weighted by Gasteiger charge is -2.30. The zero-order valence-corrected chi connectivity index (χ0v) is 15.5. The van der Waals surface area contributed by atoms with Crippen molar-refractivity contribution in [1.82, 2.24) is 19.7 Å². The second-order valence-corrected chi connectivity index (χ2v) is 6.73. The first-order chi connectivity index (χ1) is 11.7. The average molecular weight is 347 g/mol. The Bertz CT molecular complexity index is 713. The fraction of sp³-hybridized carbons (Fsp3) is 0.556. The van der Waals surface area contributed by atoms with Gasteiger partial charge in [0, 0.05) is 17.6 Å². The van der Waals surface area contributed by atoms with E-state index in [1.165, 1.54) is 25.7 Å². The molecule has 0 saturated heterocycles. The van der Waals surface area contributed by atoms with Gasteiger partial charge in [-0.15, -0.1) is 0 Å². The highest BCUT2D eigenvalue weighted by atomic mass is 32.1. The summed E-state index contributed by atoms with van der Waals surface area (Å²) in [5, 5.41) is 3.37. The first-order valence-electron chi connectivity index (χ1n) is 8.73. The highest BCUT2D eigenvalue weighted by Crippen LogP contribution is 2.31. The fourth-order valence-corrected chi connectivity index (χ4v) is 3.38. The van der Waals surface area contributed by atoms with Gasteiger partial charge in [-0.2, -0.15) is 4.98 Å². The Morgan fingerprint density at radius 2 is 1.96 bits per heavy atom. The molecular weight excluding hydrogens is 320 g/mol. The lowest BCUT2D eigenvalue weighted by Crippen LogP contribution is -2.38. The van der Waals surface area contributed by atoms with E-state index in [4.69, 9.17) is 17.0 Å². The molecule has 24 heavy (non-hydrogen) atoms. The van der Waals surface area contributed by atoms with Crippen LogP contribution in [-0.4, -0.2) is 38.9 Å². The lowest BCUT2D eigenvalue weighted by molar-refractivity contribution is 0.124. The molecule has 1 fully saturated rings. The first kappa shape index (κ1) is 17.2. The monoisotopic (exact) mass is 346 g/mol. The summed E-state index contributed by atoms with van der Waals surface area (Å²) in [6, 6.07) is 9.17. The van der Waals surface area contributed by atoms with Crippen molar-refractivity contribution in [2.75, 3.05) is 7.11 Å². The van der Waals surface area contributed by atoms with Gasteiger partial charge in [-0.25, -0.2) is 4.68 Å². The molecule has 6 heteroatoms. The number of methoxy groups -OCH3 is 1. The zero-order chi connectivity index (χ0) is 17.1. The predicted molar refractivity (Wildman–Crippen MR) is 98.6 cm³/mol. The van der Waals surface area contributed by atoms with Crippen LogP contribution in [-0.2, 0) is 6.67 Å². The third-order valence-electron chi connectivity index (χ3n) is 4.77. The summed E-state index contributed by atoms with van der Waals surface area (Å²) < 4.78 is 7.81. The Hall–Kier alpha value is -1.66. The van der Waals surface area contributed by atoms with E-state index in [-0.39, 0.29) is 0 Å². The van der Waals surface area contributed by atoms with Crippen LogP contribution in [0.15, 0.2) is 24.3 Å². The highest BCUT2D eigenvalue weighted by Gasteiger charge is 2.33. The topological polar surface area (TPSA) is 46.1 Å². The van der Waals surface area contributed by atoms with Crippen molar-refractivity contribution in [3.05, 3.63) is 29.0 Å². The molecule has 1 aromatic heterocycles. The molecule has 0 atom stereocenters. The molecule has 0 bridgehead atoms. The molecule has 1 heterocycles. The summed E-state index contributed by atoms with van der Waals surface area (Å²) >= 11 is 5.48. The molecule has 1 N–H and O–H groups in total. The predicted octanol–water partition coefficient (Wildman–Crippen LogP) is 4.23. The first-order valence-corrected chi connectivity index (χ1v) is 9.14. The van der Waals surface area contributed by atoms with Gasteiger partial charge in [-0.1, -0.05) is 13.8 Å². The van der Waals surface area contributed by atoms with Crippen molar-refractivity contribution in [2.45, 2.75) is 58.3 Å². The minimum atomic E-state index is 0.604. The number of hydrogen-bond acceptors (Lipinski definition) is 4. The molecule has 0 radical (unpaired) electrons. The van der Waals surface area contributed by atoms with Gasteiger partial charge in [0.2, 0.25) is 4.77 Å². The molecule has 1 aromatic carbocycles. The molecule has 0 aliphatic heterocycles. The second kappa shape index (κ2) is 7.49. The largest absolute Gasteiger partial charge is 0.497 e. The summed E-state index contributed by atoms with van der Waals surface area (Å²) in [7, 11) is 1.67. The van der Waals surface area contributed by atoms with Gasteiger partial charge < -0.3 is 4.74 Å². The van der Waals surface area contributed by atoms with Crippen LogP contribution in [0.25, 0.3) is 11.4 Å². The molecule has 1 saturated carbocycles. The molecule has 1 aliphatic carbocycles. The van der Waals surface area contributed by atoms with E-state index >= 15 is 0 Å². The molecule has 0 amide bonds. The fourth-order valence-electron chi connectivity index (χ4n) is 3.19. The number of nitrogens with one attached hydrogen (secondary N) is 1. The number of ether oxygens (including phenoxy) is 1. The van der Waals surface area contributed by atoms with Gasteiger partial charge in [-0.05, 0) is 62.2 Å². The number of aromatic nitrogens is 3. The number of rotatable bonds is 8. The van der Waals surface area contributed by atoms with Crippen LogP contribution in [0.4, 0.5) is 0 Å². The molecule has 0 spiro atoms. The van der Waals surface area contributed by atoms with Crippen LogP contribution in [0, 0.1) is 4.77 Å². The van der Waals surface area contributed by atoms with Crippen molar-refractivity contribution in [3.63, 3.8) is 0 Å². The maximum Gasteiger partial charge on any atom is 0.217 e. The van der Waals surface area contributed by atoms with Crippen molar-refractivity contribution in [2.24, 2.45) is 0 Å². The Morgan fingerprint density at radius 1 is 1.29 bits per heavy atom. The number of aromatic amines is 1. The average Bonchev–Trinajstić information content (AvgIpc) is 3.39. The van der Waals surface area contributed by atoms with Gasteiger partial charge in [0.05, 0.1) is 13.8 Å². The number of hydrogen-bond donors (Lipinski definition) is 1. The minimum absolute atomic E-state index is 0.604. The van der Waals surface area contributed by atoms with Crippen LogP contribution in [0.3, 0.4) is 0 Å². The van der Waals surface area contributed by atoms with E-state index in [0.29, 0.717) is 16.9 Å². The van der Waals surface area contributed by atoms with E-state index in [9.17, 15) is 0 Å². The van der Waals surface area contributed by atoms with Crippen LogP contribution in [0.2, 0.25) is 0 Å². The quantitative estimate of drug-likeness (QED) is 0.727. The van der Waals surface area contributed by atoms with Gasteiger partial charge in [0.15, 0.2) is 5.82 Å². The van der Waals surface area contributed by atoms with E-state index in [1.54, 1.807) is 7.11 Å². The Kier molecular flexibility index (Phi) is 5.36. The maximum absolute atomic E-state index is 5.48. The van der Waals surface area contributed by atoms with Crippen molar-refractivity contribution < 1.29 is 4.74 Å². The van der Waals surface area contributed by atoms with Crippen LogP contribution in [0.1, 0.15) is 39.5 Å². The standard InChI is InChI=1S/C18H26N4OS/c1-4-14(5-2)21(15-8-9-15)12-22-18(24)19-17(20-22)13-6-10-16(23-3)11-7-13/h6-7,10-11,14-15H,4-5,8-9,12H2,1-3H3,(H,19,20,24). The smallest absolute Gasteiger partial charge is 0.217 e. The molecule has 1 aliphatic rings. The van der Waals surface area contributed by atoms with Crippen LogP contribution < -0.4 is 4.74 Å². The van der Waals surface area contributed by atoms with Crippen LogP contribution >= 0.6 is 12.2 Å². The number of H-pyrrole nitrogens is 1. The summed E-state index contributed by atoms with van der Waals surface area (Å²) in [6.45, 7) is 5.32. The summed E-state index contributed by atoms with van der Waals surface area (Å²) in [6.07, 6.45) is 4.92. The van der Waals surface area contributed by atoms with Gasteiger partial charge in [-0.3, -0.25) is 10.00 Å². The second-order valence-electron chi connectivity index (χ2n) is 6.37. The highest BCUT2D eigenvalue weighted by molar-refractivity contribution is 7.71. The number of nitrogens with zero attached hydrogens (tertiary/aromatic N) is 3. The number of benzene rings is 1. The Morgan fingerprint density at radius 3 is 2.50 bits per heavy atom. The third-order valence-corrected chi connectivity index (χ3v) is 5.09. The van der Waals surface area contributed by atoms with Crippen LogP contribution in [0.5, 0.6) is 5.75 Å². The van der Waals surface area contributed by atoms with Crippen molar-refractivity contribution >= 4 is 12.2 Å². The van der Waals surface area contributed by atoms with E-state index in [1.807, 2.05) is 28.9 Å². The SMILES string of the molecule is CCC(CC)N(Cn1[nH]c(-c2ccc(OC)cc2)nc1=S)C1CC1. The van der Waals surface area contributed by atoms with E-state index in [0.717, 1.165) is 23.8 Å². The Balaban J connectivity index is 1.81. The molecule has 5 nitrogen and oxygen atoms in total. The van der Waals surface area contributed by atoms with Gasteiger partial charge >= 0.3 is 0 Å². The molecule has 3 rings (SSSR count).